The van der Waals surface area contributed by atoms with Gasteiger partial charge in [0.05, 0.1) is 17.4 Å². The summed E-state index contributed by atoms with van der Waals surface area (Å²) in [5, 5.41) is 4.52. The molecule has 2 aromatic heterocycles. The standard InChI is InChI=1S/C15H14N4/c16-15(12-5-4-9-17-11-12)14-8-10-19(18-14)13-6-2-1-3-7-13/h1-11,15H,16H2. The Labute approximate surface area is 111 Å². The molecule has 0 spiro atoms. The summed E-state index contributed by atoms with van der Waals surface area (Å²) < 4.78 is 1.82. The Morgan fingerprint density at radius 3 is 2.58 bits per heavy atom. The van der Waals surface area contributed by atoms with Crippen molar-refractivity contribution in [3.05, 3.63) is 78.4 Å². The molecule has 1 unspecified atom stereocenters. The Morgan fingerprint density at radius 1 is 1.00 bits per heavy atom. The number of aromatic nitrogens is 3. The summed E-state index contributed by atoms with van der Waals surface area (Å²) in [6.45, 7) is 0. The minimum absolute atomic E-state index is 0.251. The van der Waals surface area contributed by atoms with E-state index < -0.39 is 0 Å². The molecule has 0 aliphatic rings. The van der Waals surface area contributed by atoms with E-state index in [0.29, 0.717) is 0 Å². The van der Waals surface area contributed by atoms with Gasteiger partial charge in [0.25, 0.3) is 0 Å². The van der Waals surface area contributed by atoms with Crippen LogP contribution in [0.3, 0.4) is 0 Å². The quantitative estimate of drug-likeness (QED) is 0.776. The first-order valence-corrected chi connectivity index (χ1v) is 6.11. The zero-order chi connectivity index (χ0) is 13.1. The van der Waals surface area contributed by atoms with Gasteiger partial charge in [0.15, 0.2) is 0 Å². The number of hydrogen-bond acceptors (Lipinski definition) is 3. The molecule has 0 aliphatic heterocycles. The molecule has 3 rings (SSSR count). The van der Waals surface area contributed by atoms with Gasteiger partial charge >= 0.3 is 0 Å². The normalized spacial score (nSPS) is 12.3. The first-order valence-electron chi connectivity index (χ1n) is 6.11. The fourth-order valence-corrected chi connectivity index (χ4v) is 1.96. The highest BCUT2D eigenvalue weighted by molar-refractivity contribution is 5.32. The van der Waals surface area contributed by atoms with Crippen molar-refractivity contribution >= 4 is 0 Å². The highest BCUT2D eigenvalue weighted by Crippen LogP contribution is 2.17. The van der Waals surface area contributed by atoms with E-state index in [-0.39, 0.29) is 6.04 Å². The van der Waals surface area contributed by atoms with E-state index in [1.807, 2.05) is 59.4 Å². The van der Waals surface area contributed by atoms with Crippen molar-refractivity contribution in [3.63, 3.8) is 0 Å². The number of nitrogens with two attached hydrogens (primary N) is 1. The number of nitrogens with zero attached hydrogens (tertiary/aromatic N) is 3. The summed E-state index contributed by atoms with van der Waals surface area (Å²) in [7, 11) is 0. The molecule has 2 heterocycles. The molecule has 0 bridgehead atoms. The summed E-state index contributed by atoms with van der Waals surface area (Å²) in [6, 6.07) is 15.5. The van der Waals surface area contributed by atoms with Crippen molar-refractivity contribution in [1.82, 2.24) is 14.8 Å². The molecule has 0 amide bonds. The lowest BCUT2D eigenvalue weighted by molar-refractivity contribution is 0.770. The lowest BCUT2D eigenvalue weighted by Crippen LogP contribution is -2.13. The number of para-hydroxylation sites is 1. The van der Waals surface area contributed by atoms with Gasteiger partial charge in [-0.15, -0.1) is 0 Å². The fourth-order valence-electron chi connectivity index (χ4n) is 1.96. The Morgan fingerprint density at radius 2 is 1.84 bits per heavy atom. The maximum Gasteiger partial charge on any atom is 0.0842 e. The van der Waals surface area contributed by atoms with E-state index in [9.17, 15) is 0 Å². The smallest absolute Gasteiger partial charge is 0.0842 e. The van der Waals surface area contributed by atoms with Gasteiger partial charge in [-0.05, 0) is 29.8 Å². The molecular formula is C15H14N4. The first-order chi connectivity index (χ1) is 9.34. The van der Waals surface area contributed by atoms with E-state index in [4.69, 9.17) is 5.73 Å². The highest BCUT2D eigenvalue weighted by atomic mass is 15.3. The molecule has 0 saturated heterocycles. The van der Waals surface area contributed by atoms with E-state index in [0.717, 1.165) is 16.9 Å². The van der Waals surface area contributed by atoms with E-state index in [1.165, 1.54) is 0 Å². The molecule has 2 N–H and O–H groups in total. The van der Waals surface area contributed by atoms with Crippen LogP contribution in [0.2, 0.25) is 0 Å². The second kappa shape index (κ2) is 5.04. The van der Waals surface area contributed by atoms with Crippen molar-refractivity contribution in [1.29, 1.82) is 0 Å². The third-order valence-corrected chi connectivity index (χ3v) is 2.99. The highest BCUT2D eigenvalue weighted by Gasteiger charge is 2.12. The lowest BCUT2D eigenvalue weighted by Gasteiger charge is -2.08. The van der Waals surface area contributed by atoms with Crippen LogP contribution in [-0.2, 0) is 0 Å². The third kappa shape index (κ3) is 2.39. The van der Waals surface area contributed by atoms with Crippen molar-refractivity contribution in [2.45, 2.75) is 6.04 Å². The van der Waals surface area contributed by atoms with Crippen LogP contribution in [0.5, 0.6) is 0 Å². The van der Waals surface area contributed by atoms with E-state index in [2.05, 4.69) is 10.1 Å². The van der Waals surface area contributed by atoms with Crippen molar-refractivity contribution in [2.24, 2.45) is 5.73 Å². The molecule has 0 saturated carbocycles. The molecule has 4 heteroatoms. The molecule has 19 heavy (non-hydrogen) atoms. The molecule has 4 nitrogen and oxygen atoms in total. The van der Waals surface area contributed by atoms with Crippen molar-refractivity contribution in [2.75, 3.05) is 0 Å². The summed E-state index contributed by atoms with van der Waals surface area (Å²) in [6.07, 6.45) is 5.42. The zero-order valence-corrected chi connectivity index (χ0v) is 10.3. The molecule has 0 aliphatic carbocycles. The van der Waals surface area contributed by atoms with Gasteiger partial charge in [-0.2, -0.15) is 5.10 Å². The van der Waals surface area contributed by atoms with Crippen molar-refractivity contribution in [3.8, 4) is 5.69 Å². The molecule has 1 aromatic carbocycles. The van der Waals surface area contributed by atoms with Crippen LogP contribution in [-0.4, -0.2) is 14.8 Å². The van der Waals surface area contributed by atoms with Crippen LogP contribution >= 0.6 is 0 Å². The third-order valence-electron chi connectivity index (χ3n) is 2.99. The molecule has 94 valence electrons. The van der Waals surface area contributed by atoms with Crippen LogP contribution in [0, 0.1) is 0 Å². The maximum absolute atomic E-state index is 6.19. The Kier molecular flexibility index (Phi) is 3.08. The molecule has 1 atom stereocenters. The second-order valence-corrected chi connectivity index (χ2v) is 4.28. The Hall–Kier alpha value is -2.46. The minimum atomic E-state index is -0.251. The zero-order valence-electron chi connectivity index (χ0n) is 10.3. The average Bonchev–Trinajstić information content (AvgIpc) is 2.98. The predicted molar refractivity (Wildman–Crippen MR) is 73.8 cm³/mol. The number of benzene rings is 1. The monoisotopic (exact) mass is 250 g/mol. The topological polar surface area (TPSA) is 56.7 Å². The summed E-state index contributed by atoms with van der Waals surface area (Å²) in [5.74, 6) is 0. The largest absolute Gasteiger partial charge is 0.319 e. The molecule has 0 radical (unpaired) electrons. The SMILES string of the molecule is NC(c1cccnc1)c1ccn(-c2ccccc2)n1. The summed E-state index contributed by atoms with van der Waals surface area (Å²) in [5.41, 5.74) is 9.00. The van der Waals surface area contributed by atoms with E-state index in [1.54, 1.807) is 12.4 Å². The first kappa shape index (κ1) is 11.6. The number of hydrogen-bond donors (Lipinski definition) is 1. The van der Waals surface area contributed by atoms with Gasteiger partial charge in [-0.1, -0.05) is 24.3 Å². The predicted octanol–water partition coefficient (Wildman–Crippen LogP) is 2.32. The Bertz CT molecular complexity index is 646. The number of rotatable bonds is 3. The lowest BCUT2D eigenvalue weighted by atomic mass is 10.1. The van der Waals surface area contributed by atoms with Crippen LogP contribution in [0.15, 0.2) is 67.1 Å². The molecular weight excluding hydrogens is 236 g/mol. The van der Waals surface area contributed by atoms with Gasteiger partial charge in [-0.3, -0.25) is 4.98 Å². The number of pyridine rings is 1. The van der Waals surface area contributed by atoms with Gasteiger partial charge in [0.2, 0.25) is 0 Å². The summed E-state index contributed by atoms with van der Waals surface area (Å²) in [4.78, 5) is 4.08. The van der Waals surface area contributed by atoms with Gasteiger partial charge in [0, 0.05) is 18.6 Å². The van der Waals surface area contributed by atoms with Crippen LogP contribution in [0.4, 0.5) is 0 Å². The summed E-state index contributed by atoms with van der Waals surface area (Å²) >= 11 is 0. The maximum atomic E-state index is 6.19. The second-order valence-electron chi connectivity index (χ2n) is 4.28. The van der Waals surface area contributed by atoms with Gasteiger partial charge in [0.1, 0.15) is 0 Å². The molecule has 3 aromatic rings. The fraction of sp³-hybridized carbons (Fsp3) is 0.0667. The van der Waals surface area contributed by atoms with Crippen LogP contribution in [0.25, 0.3) is 5.69 Å². The molecule has 0 fully saturated rings. The van der Waals surface area contributed by atoms with Gasteiger partial charge in [-0.25, -0.2) is 4.68 Å². The Balaban J connectivity index is 1.90. The van der Waals surface area contributed by atoms with Crippen molar-refractivity contribution < 1.29 is 0 Å². The van der Waals surface area contributed by atoms with Crippen LogP contribution in [0.1, 0.15) is 17.3 Å². The van der Waals surface area contributed by atoms with Gasteiger partial charge < -0.3 is 5.73 Å². The van der Waals surface area contributed by atoms with E-state index >= 15 is 0 Å². The minimum Gasteiger partial charge on any atom is -0.319 e. The average molecular weight is 250 g/mol. The van der Waals surface area contributed by atoms with Crippen LogP contribution < -0.4 is 5.73 Å².